The lowest BCUT2D eigenvalue weighted by atomic mass is 9.83. The van der Waals surface area contributed by atoms with E-state index in [1.165, 1.54) is 6.42 Å². The van der Waals surface area contributed by atoms with Crippen molar-refractivity contribution in [1.82, 2.24) is 0 Å². The maximum Gasteiger partial charge on any atom is 0.226 e. The van der Waals surface area contributed by atoms with Gasteiger partial charge in [0.25, 0.3) is 0 Å². The van der Waals surface area contributed by atoms with Crippen LogP contribution in [0.3, 0.4) is 0 Å². The molecule has 1 N–H and O–H groups in total. The highest BCUT2D eigenvalue weighted by atomic mass is 35.5. The van der Waals surface area contributed by atoms with E-state index in [9.17, 15) is 9.90 Å². The first kappa shape index (κ1) is 13.7. The molecule has 1 aromatic heterocycles. The molecular formula is C16H17ClO3. The van der Waals surface area contributed by atoms with Crippen molar-refractivity contribution in [2.45, 2.75) is 38.2 Å². The van der Waals surface area contributed by atoms with Gasteiger partial charge < -0.3 is 9.52 Å². The average molecular weight is 293 g/mol. The normalized spacial score (nSPS) is 18.3. The fourth-order valence-electron chi connectivity index (χ4n) is 2.96. The Balaban J connectivity index is 1.86. The van der Waals surface area contributed by atoms with Crippen molar-refractivity contribution >= 4 is 28.4 Å². The number of aliphatic hydroxyl groups is 1. The molecule has 1 unspecified atom stereocenters. The lowest BCUT2D eigenvalue weighted by Gasteiger charge is -2.24. The molecule has 1 saturated carbocycles. The van der Waals surface area contributed by atoms with Crippen LogP contribution in [0.5, 0.6) is 0 Å². The number of carbonyl (C=O) groups excluding carboxylic acids is 1. The van der Waals surface area contributed by atoms with Gasteiger partial charge in [0.2, 0.25) is 5.78 Å². The van der Waals surface area contributed by atoms with Crippen molar-refractivity contribution in [3.8, 4) is 0 Å². The molecule has 0 saturated heterocycles. The molecule has 0 bridgehead atoms. The molecule has 3 nitrogen and oxygen atoms in total. The lowest BCUT2D eigenvalue weighted by molar-refractivity contribution is 0.0509. The maximum atomic E-state index is 12.3. The van der Waals surface area contributed by atoms with Gasteiger partial charge in [-0.2, -0.15) is 0 Å². The number of hydrogen-bond acceptors (Lipinski definition) is 3. The number of benzene rings is 1. The minimum Gasteiger partial charge on any atom is -0.451 e. The van der Waals surface area contributed by atoms with E-state index in [0.29, 0.717) is 10.6 Å². The Labute approximate surface area is 122 Å². The molecule has 1 aliphatic rings. The predicted octanol–water partition coefficient (Wildman–Crippen LogP) is 4.21. The second kappa shape index (κ2) is 5.58. The standard InChI is InChI=1S/C16H17ClO3/c17-12-8-4-7-11-9-13(20-16(11)12)15(19)14(18)10-5-2-1-3-6-10/h4,7-10,14,18H,1-3,5-6H2. The summed E-state index contributed by atoms with van der Waals surface area (Å²) < 4.78 is 5.53. The predicted molar refractivity (Wildman–Crippen MR) is 78.1 cm³/mol. The number of para-hydroxylation sites is 1. The fourth-order valence-corrected chi connectivity index (χ4v) is 3.18. The van der Waals surface area contributed by atoms with E-state index in [-0.39, 0.29) is 17.5 Å². The number of hydrogen-bond donors (Lipinski definition) is 1. The summed E-state index contributed by atoms with van der Waals surface area (Å²) in [6.45, 7) is 0. The van der Waals surface area contributed by atoms with E-state index in [0.717, 1.165) is 31.1 Å². The Morgan fingerprint density at radius 3 is 2.75 bits per heavy atom. The molecule has 4 heteroatoms. The molecule has 1 aromatic carbocycles. The van der Waals surface area contributed by atoms with Crippen LogP contribution in [0.4, 0.5) is 0 Å². The van der Waals surface area contributed by atoms with Gasteiger partial charge in [-0.05, 0) is 30.9 Å². The van der Waals surface area contributed by atoms with Gasteiger partial charge in [0.15, 0.2) is 11.3 Å². The molecule has 0 spiro atoms. The SMILES string of the molecule is O=C(c1cc2cccc(Cl)c2o1)C(O)C1CCCCC1. The minimum atomic E-state index is -0.963. The molecule has 3 rings (SSSR count). The van der Waals surface area contributed by atoms with Crippen LogP contribution in [0.25, 0.3) is 11.0 Å². The van der Waals surface area contributed by atoms with Gasteiger partial charge in [0.05, 0.1) is 5.02 Å². The number of furan rings is 1. The van der Waals surface area contributed by atoms with Gasteiger partial charge in [0.1, 0.15) is 6.10 Å². The zero-order valence-electron chi connectivity index (χ0n) is 11.1. The zero-order valence-corrected chi connectivity index (χ0v) is 11.9. The van der Waals surface area contributed by atoms with Crippen molar-refractivity contribution in [3.05, 3.63) is 35.0 Å². The van der Waals surface area contributed by atoms with Crippen LogP contribution in [0, 0.1) is 5.92 Å². The molecule has 20 heavy (non-hydrogen) atoms. The van der Waals surface area contributed by atoms with E-state index < -0.39 is 6.10 Å². The molecule has 1 fully saturated rings. The number of rotatable bonds is 3. The summed E-state index contributed by atoms with van der Waals surface area (Å²) in [5.41, 5.74) is 0.508. The van der Waals surface area contributed by atoms with Crippen LogP contribution < -0.4 is 0 Å². The van der Waals surface area contributed by atoms with Crippen molar-refractivity contribution in [2.24, 2.45) is 5.92 Å². The average Bonchev–Trinajstić information content (AvgIpc) is 2.92. The molecule has 0 aliphatic heterocycles. The van der Waals surface area contributed by atoms with E-state index in [4.69, 9.17) is 16.0 Å². The molecule has 0 amide bonds. The Bertz CT molecular complexity index is 626. The Hall–Kier alpha value is -1.32. The number of aliphatic hydroxyl groups excluding tert-OH is 1. The summed E-state index contributed by atoms with van der Waals surface area (Å²) in [7, 11) is 0. The van der Waals surface area contributed by atoms with Gasteiger partial charge in [0, 0.05) is 5.39 Å². The van der Waals surface area contributed by atoms with Crippen LogP contribution >= 0.6 is 11.6 Å². The first-order valence-electron chi connectivity index (χ1n) is 7.07. The highest BCUT2D eigenvalue weighted by Gasteiger charge is 2.30. The molecule has 1 heterocycles. The van der Waals surface area contributed by atoms with Gasteiger partial charge in [-0.25, -0.2) is 0 Å². The third-order valence-corrected chi connectivity index (χ3v) is 4.40. The van der Waals surface area contributed by atoms with E-state index in [1.54, 1.807) is 12.1 Å². The van der Waals surface area contributed by atoms with Crippen LogP contribution in [0.15, 0.2) is 28.7 Å². The van der Waals surface area contributed by atoms with Crippen LogP contribution in [-0.2, 0) is 0 Å². The summed E-state index contributed by atoms with van der Waals surface area (Å²) in [5, 5.41) is 11.5. The van der Waals surface area contributed by atoms with Crippen molar-refractivity contribution in [3.63, 3.8) is 0 Å². The van der Waals surface area contributed by atoms with E-state index >= 15 is 0 Å². The minimum absolute atomic E-state index is 0.0555. The molecule has 0 radical (unpaired) electrons. The Kier molecular flexibility index (Phi) is 3.81. The molecule has 106 valence electrons. The van der Waals surface area contributed by atoms with Crippen molar-refractivity contribution in [2.75, 3.05) is 0 Å². The summed E-state index contributed by atoms with van der Waals surface area (Å²) in [4.78, 5) is 12.3. The number of halogens is 1. The van der Waals surface area contributed by atoms with Crippen LogP contribution in [-0.4, -0.2) is 17.0 Å². The number of ketones is 1. The largest absolute Gasteiger partial charge is 0.451 e. The monoisotopic (exact) mass is 292 g/mol. The molecule has 1 aliphatic carbocycles. The first-order chi connectivity index (χ1) is 9.66. The topological polar surface area (TPSA) is 50.4 Å². The highest BCUT2D eigenvalue weighted by molar-refractivity contribution is 6.34. The van der Waals surface area contributed by atoms with E-state index in [2.05, 4.69) is 0 Å². The third kappa shape index (κ3) is 2.48. The number of carbonyl (C=O) groups is 1. The van der Waals surface area contributed by atoms with Crippen LogP contribution in [0.1, 0.15) is 42.7 Å². The Morgan fingerprint density at radius 2 is 2.05 bits per heavy atom. The van der Waals surface area contributed by atoms with Gasteiger partial charge in [-0.15, -0.1) is 0 Å². The highest BCUT2D eigenvalue weighted by Crippen LogP contribution is 2.31. The molecule has 1 atom stereocenters. The van der Waals surface area contributed by atoms with Crippen molar-refractivity contribution in [1.29, 1.82) is 0 Å². The third-order valence-electron chi connectivity index (χ3n) is 4.10. The zero-order chi connectivity index (χ0) is 14.1. The smallest absolute Gasteiger partial charge is 0.226 e. The second-order valence-electron chi connectivity index (χ2n) is 5.48. The summed E-state index contributed by atoms with van der Waals surface area (Å²) in [5.74, 6) is -0.0738. The second-order valence-corrected chi connectivity index (χ2v) is 5.88. The quantitative estimate of drug-likeness (QED) is 0.862. The van der Waals surface area contributed by atoms with Crippen LogP contribution in [0.2, 0.25) is 5.02 Å². The number of Topliss-reactive ketones (excluding diaryl/α,β-unsaturated/α-hetero) is 1. The van der Waals surface area contributed by atoms with Gasteiger partial charge in [-0.1, -0.05) is 43.0 Å². The Morgan fingerprint density at radius 1 is 1.30 bits per heavy atom. The maximum absolute atomic E-state index is 12.3. The molecule has 2 aromatic rings. The van der Waals surface area contributed by atoms with Crippen molar-refractivity contribution < 1.29 is 14.3 Å². The summed E-state index contributed by atoms with van der Waals surface area (Å²) in [6.07, 6.45) is 4.22. The van der Waals surface area contributed by atoms with Gasteiger partial charge in [-0.3, -0.25) is 4.79 Å². The van der Waals surface area contributed by atoms with E-state index in [1.807, 2.05) is 12.1 Å². The fraction of sp³-hybridized carbons (Fsp3) is 0.438. The first-order valence-corrected chi connectivity index (χ1v) is 7.45. The summed E-state index contributed by atoms with van der Waals surface area (Å²) >= 11 is 6.04. The number of fused-ring (bicyclic) bond motifs is 1. The van der Waals surface area contributed by atoms with Gasteiger partial charge >= 0.3 is 0 Å². The summed E-state index contributed by atoms with van der Waals surface area (Å²) in [6, 6.07) is 7.04. The molecular weight excluding hydrogens is 276 g/mol. The lowest BCUT2D eigenvalue weighted by Crippen LogP contribution is -2.30.